The first-order chi connectivity index (χ1) is 6.38. The largest absolute Gasteiger partial charge is 0.475 e. The zero-order valence-corrected chi connectivity index (χ0v) is 8.40. The quantitative estimate of drug-likeness (QED) is 0.745. The number of aromatic carboxylic acids is 1. The molecule has 0 aliphatic carbocycles. The number of nitrogens with one attached hydrogen (secondary N) is 1. The van der Waals surface area contributed by atoms with Gasteiger partial charge in [-0.05, 0) is 26.8 Å². The molecule has 0 saturated carbocycles. The Bertz CT molecular complexity index is 344. The maximum Gasteiger partial charge on any atom is 0.374 e. The summed E-state index contributed by atoms with van der Waals surface area (Å²) in [6, 6.07) is 1.64. The highest BCUT2D eigenvalue weighted by Crippen LogP contribution is 2.10. The molecule has 5 heteroatoms. The molecule has 14 heavy (non-hydrogen) atoms. The molecular weight excluding hydrogens is 182 g/mol. The molecular formula is C9H13N3O2. The number of carboxylic acid groups (broad SMARTS) is 1. The van der Waals surface area contributed by atoms with Gasteiger partial charge >= 0.3 is 5.97 Å². The summed E-state index contributed by atoms with van der Waals surface area (Å²) in [6.07, 6.45) is 1.42. The molecule has 0 aromatic carbocycles. The summed E-state index contributed by atoms with van der Waals surface area (Å²) in [5.74, 6) is -0.799. The van der Waals surface area contributed by atoms with Gasteiger partial charge in [-0.1, -0.05) is 0 Å². The Morgan fingerprint density at radius 3 is 2.64 bits per heavy atom. The van der Waals surface area contributed by atoms with Crippen molar-refractivity contribution in [2.24, 2.45) is 0 Å². The molecule has 0 aliphatic rings. The lowest BCUT2D eigenvalue weighted by molar-refractivity contribution is 0.0683. The number of carbonyl (C=O) groups is 1. The normalized spacial score (nSPS) is 11.1. The lowest BCUT2D eigenvalue weighted by atomic mass is 10.1. The van der Waals surface area contributed by atoms with Gasteiger partial charge in [-0.2, -0.15) is 0 Å². The van der Waals surface area contributed by atoms with Gasteiger partial charge in [-0.25, -0.2) is 14.8 Å². The summed E-state index contributed by atoms with van der Waals surface area (Å²) in [5.41, 5.74) is -0.149. The molecule has 0 amide bonds. The van der Waals surface area contributed by atoms with Crippen molar-refractivity contribution < 1.29 is 9.90 Å². The number of hydrogen-bond donors (Lipinski definition) is 2. The van der Waals surface area contributed by atoms with Crippen molar-refractivity contribution in [2.75, 3.05) is 5.32 Å². The van der Waals surface area contributed by atoms with Crippen LogP contribution in [-0.4, -0.2) is 26.6 Å². The summed E-state index contributed by atoms with van der Waals surface area (Å²) in [5, 5.41) is 11.7. The second kappa shape index (κ2) is 3.61. The molecule has 1 rings (SSSR count). The number of carboxylic acids is 1. The van der Waals surface area contributed by atoms with Crippen molar-refractivity contribution in [2.45, 2.75) is 26.3 Å². The highest BCUT2D eigenvalue weighted by atomic mass is 16.4. The number of hydrogen-bond acceptors (Lipinski definition) is 4. The van der Waals surface area contributed by atoms with Gasteiger partial charge in [-0.3, -0.25) is 0 Å². The van der Waals surface area contributed by atoms with Crippen molar-refractivity contribution >= 4 is 11.8 Å². The number of aromatic nitrogens is 2. The molecule has 0 fully saturated rings. The fraction of sp³-hybridized carbons (Fsp3) is 0.444. The molecule has 1 aromatic heterocycles. The van der Waals surface area contributed by atoms with Crippen LogP contribution in [0.2, 0.25) is 0 Å². The van der Waals surface area contributed by atoms with E-state index in [2.05, 4.69) is 15.3 Å². The van der Waals surface area contributed by atoms with E-state index in [4.69, 9.17) is 5.11 Å². The monoisotopic (exact) mass is 195 g/mol. The predicted molar refractivity (Wildman–Crippen MR) is 52.4 cm³/mol. The first-order valence-electron chi connectivity index (χ1n) is 4.23. The fourth-order valence-electron chi connectivity index (χ4n) is 0.916. The van der Waals surface area contributed by atoms with Crippen LogP contribution in [0.15, 0.2) is 12.3 Å². The van der Waals surface area contributed by atoms with Crippen molar-refractivity contribution in [3.8, 4) is 0 Å². The van der Waals surface area contributed by atoms with Crippen molar-refractivity contribution in [1.29, 1.82) is 0 Å². The van der Waals surface area contributed by atoms with E-state index in [0.717, 1.165) is 0 Å². The standard InChI is InChI=1S/C9H13N3O2/c1-9(2,3)12-6-4-5-10-7(11-6)8(13)14/h4-5H,1-3H3,(H,13,14)(H,10,11,12). The van der Waals surface area contributed by atoms with E-state index in [1.165, 1.54) is 6.20 Å². The Morgan fingerprint density at radius 1 is 1.50 bits per heavy atom. The van der Waals surface area contributed by atoms with E-state index in [-0.39, 0.29) is 11.4 Å². The highest BCUT2D eigenvalue weighted by molar-refractivity contribution is 5.83. The average Bonchev–Trinajstić information content (AvgIpc) is 2.01. The zero-order valence-electron chi connectivity index (χ0n) is 8.40. The molecule has 0 aliphatic heterocycles. The van der Waals surface area contributed by atoms with Crippen molar-refractivity contribution in [3.63, 3.8) is 0 Å². The first kappa shape index (κ1) is 10.4. The molecule has 0 unspecified atom stereocenters. The van der Waals surface area contributed by atoms with Gasteiger partial charge in [-0.15, -0.1) is 0 Å². The summed E-state index contributed by atoms with van der Waals surface area (Å²) < 4.78 is 0. The van der Waals surface area contributed by atoms with E-state index in [1.54, 1.807) is 6.07 Å². The Hall–Kier alpha value is -1.65. The molecule has 5 nitrogen and oxygen atoms in total. The summed E-state index contributed by atoms with van der Waals surface area (Å²) in [4.78, 5) is 18.0. The van der Waals surface area contributed by atoms with E-state index in [1.807, 2.05) is 20.8 Å². The molecule has 1 heterocycles. The van der Waals surface area contributed by atoms with Crippen LogP contribution in [0, 0.1) is 0 Å². The minimum absolute atomic E-state index is 0.149. The van der Waals surface area contributed by atoms with Crippen LogP contribution < -0.4 is 5.32 Å². The van der Waals surface area contributed by atoms with Crippen LogP contribution in [0.25, 0.3) is 0 Å². The van der Waals surface area contributed by atoms with Gasteiger partial charge in [0.05, 0.1) is 0 Å². The van der Waals surface area contributed by atoms with E-state index in [0.29, 0.717) is 5.82 Å². The third-order valence-electron chi connectivity index (χ3n) is 1.35. The van der Waals surface area contributed by atoms with Gasteiger partial charge in [0.2, 0.25) is 5.82 Å². The Balaban J connectivity index is 2.89. The minimum atomic E-state index is -1.12. The number of rotatable bonds is 2. The van der Waals surface area contributed by atoms with Crippen LogP contribution in [0.3, 0.4) is 0 Å². The molecule has 0 atom stereocenters. The highest BCUT2D eigenvalue weighted by Gasteiger charge is 2.12. The molecule has 0 radical (unpaired) electrons. The smallest absolute Gasteiger partial charge is 0.374 e. The third-order valence-corrected chi connectivity index (χ3v) is 1.35. The average molecular weight is 195 g/mol. The van der Waals surface area contributed by atoms with E-state index < -0.39 is 5.97 Å². The van der Waals surface area contributed by atoms with Gasteiger partial charge in [0.25, 0.3) is 0 Å². The molecule has 76 valence electrons. The Kier molecular flexibility index (Phi) is 2.69. The van der Waals surface area contributed by atoms with Crippen LogP contribution >= 0.6 is 0 Å². The van der Waals surface area contributed by atoms with Crippen molar-refractivity contribution in [3.05, 3.63) is 18.1 Å². The molecule has 0 saturated heterocycles. The maximum atomic E-state index is 10.6. The lowest BCUT2D eigenvalue weighted by Gasteiger charge is -2.20. The lowest BCUT2D eigenvalue weighted by Crippen LogP contribution is -2.27. The molecule has 1 aromatic rings. The summed E-state index contributed by atoms with van der Waals surface area (Å²) >= 11 is 0. The second-order valence-corrected chi connectivity index (χ2v) is 3.95. The van der Waals surface area contributed by atoms with Crippen LogP contribution in [0.1, 0.15) is 31.4 Å². The van der Waals surface area contributed by atoms with Gasteiger partial charge in [0.15, 0.2) is 0 Å². The third kappa shape index (κ3) is 3.01. The maximum absolute atomic E-state index is 10.6. The van der Waals surface area contributed by atoms with Crippen LogP contribution in [0.5, 0.6) is 0 Å². The van der Waals surface area contributed by atoms with E-state index >= 15 is 0 Å². The van der Waals surface area contributed by atoms with Gasteiger partial charge in [0, 0.05) is 11.7 Å². The van der Waals surface area contributed by atoms with Crippen molar-refractivity contribution in [1.82, 2.24) is 9.97 Å². The minimum Gasteiger partial charge on any atom is -0.475 e. The molecule has 2 N–H and O–H groups in total. The van der Waals surface area contributed by atoms with Crippen LogP contribution in [0.4, 0.5) is 5.82 Å². The summed E-state index contributed by atoms with van der Waals surface area (Å²) in [6.45, 7) is 5.90. The summed E-state index contributed by atoms with van der Waals surface area (Å²) in [7, 11) is 0. The Labute approximate surface area is 82.2 Å². The Morgan fingerprint density at radius 2 is 2.14 bits per heavy atom. The molecule has 0 spiro atoms. The second-order valence-electron chi connectivity index (χ2n) is 3.95. The molecule has 0 bridgehead atoms. The number of nitrogens with zero attached hydrogens (tertiary/aromatic N) is 2. The fourth-order valence-corrected chi connectivity index (χ4v) is 0.916. The zero-order chi connectivity index (χ0) is 10.8. The SMILES string of the molecule is CC(C)(C)Nc1ccnc(C(=O)O)n1. The van der Waals surface area contributed by atoms with Gasteiger partial charge < -0.3 is 10.4 Å². The topological polar surface area (TPSA) is 75.1 Å². The van der Waals surface area contributed by atoms with Gasteiger partial charge in [0.1, 0.15) is 5.82 Å². The first-order valence-corrected chi connectivity index (χ1v) is 4.23. The van der Waals surface area contributed by atoms with Crippen LogP contribution in [-0.2, 0) is 0 Å². The van der Waals surface area contributed by atoms with E-state index in [9.17, 15) is 4.79 Å². The predicted octanol–water partition coefficient (Wildman–Crippen LogP) is 1.39. The number of anilines is 1.